The molecule has 0 aliphatic carbocycles. The second-order valence-corrected chi connectivity index (χ2v) is 4.99. The van der Waals surface area contributed by atoms with Gasteiger partial charge in [-0.05, 0) is 36.8 Å². The van der Waals surface area contributed by atoms with Crippen molar-refractivity contribution < 1.29 is 9.90 Å². The number of amides is 1. The van der Waals surface area contributed by atoms with Crippen molar-refractivity contribution in [2.24, 2.45) is 0 Å². The highest BCUT2D eigenvalue weighted by molar-refractivity contribution is 6.35. The first-order chi connectivity index (χ1) is 8.95. The second-order valence-electron chi connectivity index (χ2n) is 4.11. The predicted octanol–water partition coefficient (Wildman–Crippen LogP) is 4.26. The van der Waals surface area contributed by atoms with E-state index in [0.717, 1.165) is 5.56 Å². The zero-order valence-electron chi connectivity index (χ0n) is 10.1. The number of aromatic hydroxyl groups is 1. The molecule has 0 saturated carbocycles. The first kappa shape index (κ1) is 13.7. The molecule has 2 aromatic carbocycles. The maximum absolute atomic E-state index is 12.0. The fourth-order valence-electron chi connectivity index (χ4n) is 1.58. The van der Waals surface area contributed by atoms with Gasteiger partial charge in [-0.3, -0.25) is 4.79 Å². The highest BCUT2D eigenvalue weighted by Crippen LogP contribution is 2.23. The number of carbonyl (C=O) groups excluding carboxylic acids is 1. The summed E-state index contributed by atoms with van der Waals surface area (Å²) in [5.74, 6) is -0.213. The lowest BCUT2D eigenvalue weighted by Crippen LogP contribution is -2.11. The van der Waals surface area contributed by atoms with Gasteiger partial charge in [-0.25, -0.2) is 0 Å². The molecule has 0 fully saturated rings. The fraction of sp³-hybridized carbons (Fsp3) is 0.0714. The van der Waals surface area contributed by atoms with Crippen LogP contribution in [-0.2, 0) is 0 Å². The van der Waals surface area contributed by atoms with Gasteiger partial charge in [-0.1, -0.05) is 29.3 Å². The lowest BCUT2D eigenvalue weighted by atomic mass is 10.2. The summed E-state index contributed by atoms with van der Waals surface area (Å²) in [6, 6.07) is 9.51. The van der Waals surface area contributed by atoms with Crippen LogP contribution in [0.2, 0.25) is 10.0 Å². The third-order valence-electron chi connectivity index (χ3n) is 2.59. The highest BCUT2D eigenvalue weighted by atomic mass is 35.5. The van der Waals surface area contributed by atoms with E-state index in [-0.39, 0.29) is 11.7 Å². The van der Waals surface area contributed by atoms with Gasteiger partial charge >= 0.3 is 0 Å². The molecule has 0 aromatic heterocycles. The summed E-state index contributed by atoms with van der Waals surface area (Å²) in [5, 5.41) is 13.0. The summed E-state index contributed by atoms with van der Waals surface area (Å²) < 4.78 is 0. The summed E-state index contributed by atoms with van der Waals surface area (Å²) in [6.07, 6.45) is 0. The van der Waals surface area contributed by atoms with Crippen LogP contribution in [0.15, 0.2) is 36.4 Å². The number of hydrogen-bond acceptors (Lipinski definition) is 2. The molecule has 2 aromatic rings. The molecule has 19 heavy (non-hydrogen) atoms. The molecular weight excluding hydrogens is 285 g/mol. The van der Waals surface area contributed by atoms with Crippen LogP contribution in [0.3, 0.4) is 0 Å². The minimum absolute atomic E-state index is 0.127. The van der Waals surface area contributed by atoms with Crippen LogP contribution in [0.4, 0.5) is 5.69 Å². The van der Waals surface area contributed by atoms with Crippen molar-refractivity contribution in [3.05, 3.63) is 57.6 Å². The van der Waals surface area contributed by atoms with E-state index in [9.17, 15) is 9.90 Å². The zero-order valence-corrected chi connectivity index (χ0v) is 11.6. The van der Waals surface area contributed by atoms with Gasteiger partial charge in [0, 0.05) is 27.4 Å². The Balaban J connectivity index is 2.22. The van der Waals surface area contributed by atoms with Gasteiger partial charge in [-0.2, -0.15) is 0 Å². The normalized spacial score (nSPS) is 10.3. The molecule has 0 aliphatic heterocycles. The van der Waals surface area contributed by atoms with Crippen LogP contribution in [0.1, 0.15) is 15.9 Å². The molecule has 5 heteroatoms. The van der Waals surface area contributed by atoms with Crippen molar-refractivity contribution >= 4 is 34.8 Å². The van der Waals surface area contributed by atoms with E-state index >= 15 is 0 Å². The monoisotopic (exact) mass is 295 g/mol. The second kappa shape index (κ2) is 5.51. The van der Waals surface area contributed by atoms with Crippen LogP contribution in [0.5, 0.6) is 5.75 Å². The van der Waals surface area contributed by atoms with Crippen molar-refractivity contribution in [3.63, 3.8) is 0 Å². The molecule has 3 nitrogen and oxygen atoms in total. The van der Waals surface area contributed by atoms with E-state index in [4.69, 9.17) is 23.2 Å². The number of hydrogen-bond donors (Lipinski definition) is 2. The molecule has 0 bridgehead atoms. The first-order valence-corrected chi connectivity index (χ1v) is 6.28. The molecule has 2 rings (SSSR count). The molecule has 1 amide bonds. The third kappa shape index (κ3) is 3.40. The maximum atomic E-state index is 12.0. The molecule has 0 aliphatic rings. The number of benzene rings is 2. The minimum atomic E-state index is -0.340. The van der Waals surface area contributed by atoms with Gasteiger partial charge in [0.15, 0.2) is 0 Å². The molecule has 0 spiro atoms. The van der Waals surface area contributed by atoms with Crippen LogP contribution in [-0.4, -0.2) is 11.0 Å². The van der Waals surface area contributed by atoms with Gasteiger partial charge in [0.1, 0.15) is 5.75 Å². The largest absolute Gasteiger partial charge is 0.508 e. The van der Waals surface area contributed by atoms with Crippen LogP contribution in [0, 0.1) is 6.92 Å². The van der Waals surface area contributed by atoms with E-state index in [1.165, 1.54) is 18.2 Å². The average Bonchev–Trinajstić information content (AvgIpc) is 2.32. The Labute approximate surface area is 120 Å². The predicted molar refractivity (Wildman–Crippen MR) is 77.3 cm³/mol. The van der Waals surface area contributed by atoms with Crippen molar-refractivity contribution in [1.29, 1.82) is 0 Å². The van der Waals surface area contributed by atoms with Gasteiger partial charge in [0.2, 0.25) is 0 Å². The first-order valence-electron chi connectivity index (χ1n) is 5.53. The summed E-state index contributed by atoms with van der Waals surface area (Å²) in [6.45, 7) is 1.78. The van der Waals surface area contributed by atoms with E-state index < -0.39 is 0 Å². The molecular formula is C14H11Cl2NO2. The Kier molecular flexibility index (Phi) is 3.98. The Morgan fingerprint density at radius 1 is 1.11 bits per heavy atom. The number of nitrogens with one attached hydrogen (secondary N) is 1. The van der Waals surface area contributed by atoms with Gasteiger partial charge in [0.25, 0.3) is 5.91 Å². The third-order valence-corrected chi connectivity index (χ3v) is 3.03. The Morgan fingerprint density at radius 2 is 1.74 bits per heavy atom. The number of halogens is 2. The fourth-order valence-corrected chi connectivity index (χ4v) is 2.10. The lowest BCUT2D eigenvalue weighted by molar-refractivity contribution is 0.102. The van der Waals surface area contributed by atoms with Gasteiger partial charge in [0.05, 0.1) is 0 Å². The quantitative estimate of drug-likeness (QED) is 0.870. The molecule has 0 radical (unpaired) electrons. The standard InChI is InChI=1S/C14H11Cl2NO2/c1-8-2-3-12(7-13(8)18)17-14(19)9-4-10(15)6-11(16)5-9/h2-7,18H,1H3,(H,17,19). The Morgan fingerprint density at radius 3 is 2.32 bits per heavy atom. The van der Waals surface area contributed by atoms with Crippen molar-refractivity contribution in [3.8, 4) is 5.75 Å². The Bertz CT molecular complexity index is 621. The van der Waals surface area contributed by atoms with Gasteiger partial charge < -0.3 is 10.4 Å². The number of carbonyl (C=O) groups is 1. The van der Waals surface area contributed by atoms with Crippen LogP contribution < -0.4 is 5.32 Å². The molecule has 0 saturated heterocycles. The molecule has 98 valence electrons. The van der Waals surface area contributed by atoms with E-state index in [2.05, 4.69) is 5.32 Å². The molecule has 2 N–H and O–H groups in total. The van der Waals surface area contributed by atoms with Crippen molar-refractivity contribution in [1.82, 2.24) is 0 Å². The zero-order chi connectivity index (χ0) is 14.0. The summed E-state index contributed by atoms with van der Waals surface area (Å²) in [7, 11) is 0. The number of aryl methyl sites for hydroxylation is 1. The highest BCUT2D eigenvalue weighted by Gasteiger charge is 2.09. The number of rotatable bonds is 2. The summed E-state index contributed by atoms with van der Waals surface area (Å²) in [5.41, 5.74) is 1.60. The number of anilines is 1. The smallest absolute Gasteiger partial charge is 0.255 e. The van der Waals surface area contributed by atoms with E-state index in [0.29, 0.717) is 21.3 Å². The summed E-state index contributed by atoms with van der Waals surface area (Å²) in [4.78, 5) is 12.0. The van der Waals surface area contributed by atoms with Crippen molar-refractivity contribution in [2.45, 2.75) is 6.92 Å². The molecule has 0 heterocycles. The van der Waals surface area contributed by atoms with Crippen molar-refractivity contribution in [2.75, 3.05) is 5.32 Å². The van der Waals surface area contributed by atoms with E-state index in [1.54, 1.807) is 25.1 Å². The SMILES string of the molecule is Cc1ccc(NC(=O)c2cc(Cl)cc(Cl)c2)cc1O. The lowest BCUT2D eigenvalue weighted by Gasteiger charge is -2.07. The van der Waals surface area contributed by atoms with Gasteiger partial charge in [-0.15, -0.1) is 0 Å². The molecule has 0 unspecified atom stereocenters. The number of phenolic OH excluding ortho intramolecular Hbond substituents is 1. The topological polar surface area (TPSA) is 49.3 Å². The van der Waals surface area contributed by atoms with Crippen LogP contribution in [0.25, 0.3) is 0 Å². The molecule has 0 atom stereocenters. The average molecular weight is 296 g/mol. The Hall–Kier alpha value is -1.71. The summed E-state index contributed by atoms with van der Waals surface area (Å²) >= 11 is 11.7. The van der Waals surface area contributed by atoms with Crippen LogP contribution >= 0.6 is 23.2 Å². The number of phenols is 1. The maximum Gasteiger partial charge on any atom is 0.255 e. The van der Waals surface area contributed by atoms with E-state index in [1.807, 2.05) is 0 Å². The minimum Gasteiger partial charge on any atom is -0.508 e.